The van der Waals surface area contributed by atoms with Gasteiger partial charge in [-0.1, -0.05) is 45.8 Å². The Morgan fingerprint density at radius 3 is 2.58 bits per heavy atom. The zero-order valence-electron chi connectivity index (χ0n) is 13.0. The Hall–Kier alpha value is -0.830. The molecule has 0 spiro atoms. The van der Waals surface area contributed by atoms with Crippen molar-refractivity contribution in [2.75, 3.05) is 19.6 Å². The largest absolute Gasteiger partial charge is 0.352 e. The van der Waals surface area contributed by atoms with Crippen LogP contribution in [-0.4, -0.2) is 36.5 Å². The predicted molar refractivity (Wildman–Crippen MR) is 81.0 cm³/mol. The normalized spacial score (nSPS) is 27.3. The standard InChI is InChI=1S/C16H30N2O/c1-6-18(10-12(2)3)11-16(19)17-15-9-7-8-13(4)14(15)5/h13-15H,2,6-11H2,1,3-5H3,(H,17,19). The second-order valence-electron chi connectivity index (χ2n) is 6.20. The maximum absolute atomic E-state index is 12.1. The minimum atomic E-state index is 0.161. The van der Waals surface area contributed by atoms with Gasteiger partial charge in [0.15, 0.2) is 0 Å². The molecule has 0 radical (unpaired) electrons. The average Bonchev–Trinajstić information content (AvgIpc) is 2.33. The molecule has 0 saturated heterocycles. The maximum atomic E-state index is 12.1. The second-order valence-corrected chi connectivity index (χ2v) is 6.20. The number of carbonyl (C=O) groups excluding carboxylic acids is 1. The molecular weight excluding hydrogens is 236 g/mol. The first-order valence-electron chi connectivity index (χ1n) is 7.60. The van der Waals surface area contributed by atoms with Gasteiger partial charge in [-0.15, -0.1) is 0 Å². The molecule has 0 aromatic carbocycles. The molecule has 1 saturated carbocycles. The molecule has 3 nitrogen and oxygen atoms in total. The van der Waals surface area contributed by atoms with E-state index in [-0.39, 0.29) is 5.91 Å². The van der Waals surface area contributed by atoms with E-state index in [4.69, 9.17) is 0 Å². The van der Waals surface area contributed by atoms with E-state index in [9.17, 15) is 4.79 Å². The molecular formula is C16H30N2O. The zero-order chi connectivity index (χ0) is 14.4. The van der Waals surface area contributed by atoms with Crippen LogP contribution in [0.2, 0.25) is 0 Å². The third-order valence-corrected chi connectivity index (χ3v) is 4.36. The van der Waals surface area contributed by atoms with Crippen LogP contribution in [0, 0.1) is 11.8 Å². The van der Waals surface area contributed by atoms with Crippen molar-refractivity contribution in [2.24, 2.45) is 11.8 Å². The fraction of sp³-hybridized carbons (Fsp3) is 0.812. The van der Waals surface area contributed by atoms with Gasteiger partial charge >= 0.3 is 0 Å². The lowest BCUT2D eigenvalue weighted by atomic mass is 9.78. The van der Waals surface area contributed by atoms with Crippen molar-refractivity contribution in [3.05, 3.63) is 12.2 Å². The monoisotopic (exact) mass is 266 g/mol. The molecule has 1 aliphatic rings. The summed E-state index contributed by atoms with van der Waals surface area (Å²) in [7, 11) is 0. The number of hydrogen-bond acceptors (Lipinski definition) is 2. The number of amides is 1. The van der Waals surface area contributed by atoms with Gasteiger partial charge in [0.05, 0.1) is 6.54 Å². The summed E-state index contributed by atoms with van der Waals surface area (Å²) in [5, 5.41) is 3.23. The van der Waals surface area contributed by atoms with Crippen molar-refractivity contribution in [3.8, 4) is 0 Å². The van der Waals surface area contributed by atoms with Crippen LogP contribution in [0.25, 0.3) is 0 Å². The molecule has 1 amide bonds. The highest BCUT2D eigenvalue weighted by Gasteiger charge is 2.28. The van der Waals surface area contributed by atoms with E-state index < -0.39 is 0 Å². The molecule has 0 aliphatic heterocycles. The van der Waals surface area contributed by atoms with Gasteiger partial charge in [0.1, 0.15) is 0 Å². The Bertz CT molecular complexity index is 314. The number of hydrogen-bond donors (Lipinski definition) is 1. The molecule has 3 atom stereocenters. The van der Waals surface area contributed by atoms with Gasteiger partial charge in [-0.25, -0.2) is 0 Å². The molecule has 0 aromatic heterocycles. The van der Waals surface area contributed by atoms with E-state index in [1.54, 1.807) is 0 Å². The molecule has 0 bridgehead atoms. The average molecular weight is 266 g/mol. The van der Waals surface area contributed by atoms with E-state index in [2.05, 4.69) is 37.6 Å². The van der Waals surface area contributed by atoms with Gasteiger partial charge in [0, 0.05) is 12.6 Å². The van der Waals surface area contributed by atoms with E-state index in [0.29, 0.717) is 18.5 Å². The van der Waals surface area contributed by atoms with Crippen LogP contribution in [0.3, 0.4) is 0 Å². The number of carbonyl (C=O) groups is 1. The summed E-state index contributed by atoms with van der Waals surface area (Å²) in [4.78, 5) is 14.3. The first kappa shape index (κ1) is 16.2. The fourth-order valence-corrected chi connectivity index (χ4v) is 2.90. The Kier molecular flexibility index (Phi) is 6.56. The lowest BCUT2D eigenvalue weighted by Crippen LogP contribution is -2.47. The van der Waals surface area contributed by atoms with Crippen molar-refractivity contribution in [1.29, 1.82) is 0 Å². The van der Waals surface area contributed by atoms with Crippen molar-refractivity contribution in [2.45, 2.75) is 53.0 Å². The van der Waals surface area contributed by atoms with Gasteiger partial charge in [-0.05, 0) is 31.7 Å². The number of rotatable bonds is 6. The first-order valence-corrected chi connectivity index (χ1v) is 7.60. The minimum Gasteiger partial charge on any atom is -0.352 e. The van der Waals surface area contributed by atoms with Crippen LogP contribution in [0.4, 0.5) is 0 Å². The van der Waals surface area contributed by atoms with E-state index in [1.165, 1.54) is 12.8 Å². The number of nitrogens with one attached hydrogen (secondary N) is 1. The van der Waals surface area contributed by atoms with Crippen LogP contribution in [0.15, 0.2) is 12.2 Å². The third kappa shape index (κ3) is 5.35. The molecule has 1 aliphatic carbocycles. The molecule has 1 fully saturated rings. The molecule has 1 rings (SSSR count). The van der Waals surface area contributed by atoms with Crippen molar-refractivity contribution in [3.63, 3.8) is 0 Å². The molecule has 1 N–H and O–H groups in total. The van der Waals surface area contributed by atoms with Gasteiger partial charge in [-0.3, -0.25) is 9.69 Å². The van der Waals surface area contributed by atoms with Crippen molar-refractivity contribution < 1.29 is 4.79 Å². The molecule has 3 heteroatoms. The number of likely N-dealkylation sites (N-methyl/N-ethyl adjacent to an activating group) is 1. The maximum Gasteiger partial charge on any atom is 0.234 e. The molecule has 3 unspecified atom stereocenters. The highest BCUT2D eigenvalue weighted by molar-refractivity contribution is 5.78. The Morgan fingerprint density at radius 2 is 2.00 bits per heavy atom. The lowest BCUT2D eigenvalue weighted by molar-refractivity contribution is -0.123. The van der Waals surface area contributed by atoms with Crippen LogP contribution < -0.4 is 5.32 Å². The van der Waals surface area contributed by atoms with Crippen LogP contribution in [-0.2, 0) is 4.79 Å². The summed E-state index contributed by atoms with van der Waals surface area (Å²) >= 11 is 0. The summed E-state index contributed by atoms with van der Waals surface area (Å²) in [6, 6.07) is 0.361. The molecule has 0 aromatic rings. The summed E-state index contributed by atoms with van der Waals surface area (Å²) in [5.74, 6) is 1.47. The zero-order valence-corrected chi connectivity index (χ0v) is 13.0. The number of nitrogens with zero attached hydrogens (tertiary/aromatic N) is 1. The smallest absolute Gasteiger partial charge is 0.234 e. The quantitative estimate of drug-likeness (QED) is 0.750. The Labute approximate surface area is 118 Å². The SMILES string of the molecule is C=C(C)CN(CC)CC(=O)NC1CCCC(C)C1C. The third-order valence-electron chi connectivity index (χ3n) is 4.36. The fourth-order valence-electron chi connectivity index (χ4n) is 2.90. The summed E-state index contributed by atoms with van der Waals surface area (Å²) in [6.45, 7) is 14.7. The van der Waals surface area contributed by atoms with Gasteiger partial charge in [0.25, 0.3) is 0 Å². The predicted octanol–water partition coefficient (Wildman–Crippen LogP) is 2.83. The van der Waals surface area contributed by atoms with Crippen LogP contribution in [0.1, 0.15) is 47.0 Å². The van der Waals surface area contributed by atoms with Gasteiger partial charge in [-0.2, -0.15) is 0 Å². The lowest BCUT2D eigenvalue weighted by Gasteiger charge is -2.35. The summed E-state index contributed by atoms with van der Waals surface area (Å²) in [6.07, 6.45) is 3.66. The second kappa shape index (κ2) is 7.68. The van der Waals surface area contributed by atoms with Gasteiger partial charge < -0.3 is 5.32 Å². The summed E-state index contributed by atoms with van der Waals surface area (Å²) < 4.78 is 0. The molecule has 19 heavy (non-hydrogen) atoms. The molecule has 110 valence electrons. The van der Waals surface area contributed by atoms with Crippen molar-refractivity contribution in [1.82, 2.24) is 10.2 Å². The van der Waals surface area contributed by atoms with Gasteiger partial charge in [0.2, 0.25) is 5.91 Å². The van der Waals surface area contributed by atoms with Crippen LogP contribution >= 0.6 is 0 Å². The Morgan fingerprint density at radius 1 is 1.32 bits per heavy atom. The first-order chi connectivity index (χ1) is 8.93. The van der Waals surface area contributed by atoms with Crippen LogP contribution in [0.5, 0.6) is 0 Å². The van der Waals surface area contributed by atoms with E-state index >= 15 is 0 Å². The Balaban J connectivity index is 2.43. The highest BCUT2D eigenvalue weighted by Crippen LogP contribution is 2.29. The molecule has 0 heterocycles. The van der Waals surface area contributed by atoms with E-state index in [0.717, 1.165) is 31.0 Å². The summed E-state index contributed by atoms with van der Waals surface area (Å²) in [5.41, 5.74) is 1.11. The minimum absolute atomic E-state index is 0.161. The van der Waals surface area contributed by atoms with E-state index in [1.807, 2.05) is 6.92 Å². The van der Waals surface area contributed by atoms with Crippen molar-refractivity contribution >= 4 is 5.91 Å². The topological polar surface area (TPSA) is 32.3 Å². The highest BCUT2D eigenvalue weighted by atomic mass is 16.2.